The lowest BCUT2D eigenvalue weighted by Crippen LogP contribution is -2.50. The molecule has 0 N–H and O–H groups in total. The Morgan fingerprint density at radius 2 is 1.17 bits per heavy atom. The molecule has 1 aromatic carbocycles. The Labute approximate surface area is 173 Å². The maximum absolute atomic E-state index is 12.8. The summed E-state index contributed by atoms with van der Waals surface area (Å²) in [4.78, 5) is 0.0729. The number of hydrogen-bond donors (Lipinski definition) is 0. The molecule has 0 saturated carbocycles. The summed E-state index contributed by atoms with van der Waals surface area (Å²) in [7, 11) is -10.8. The van der Waals surface area contributed by atoms with Crippen LogP contribution in [0.5, 0.6) is 0 Å². The first-order chi connectivity index (χ1) is 13.4. The first-order valence-corrected chi connectivity index (χ1v) is 14.2. The molecule has 1 atom stereocenters. The van der Waals surface area contributed by atoms with Crippen LogP contribution in [0.1, 0.15) is 19.8 Å². The summed E-state index contributed by atoms with van der Waals surface area (Å²) in [6, 6.07) is 5.26. The van der Waals surface area contributed by atoms with Crippen LogP contribution in [0.25, 0.3) is 0 Å². The van der Waals surface area contributed by atoms with Crippen LogP contribution >= 0.6 is 0 Å². The molecule has 2 saturated heterocycles. The van der Waals surface area contributed by atoms with Gasteiger partial charge in [0, 0.05) is 39.3 Å². The van der Waals surface area contributed by atoms with E-state index in [-0.39, 0.29) is 36.0 Å². The van der Waals surface area contributed by atoms with Crippen LogP contribution in [0.3, 0.4) is 0 Å². The minimum Gasteiger partial charge on any atom is -0.213 e. The van der Waals surface area contributed by atoms with Gasteiger partial charge in [-0.05, 0) is 43.0 Å². The summed E-state index contributed by atoms with van der Waals surface area (Å²) < 4.78 is 78.5. The maximum Gasteiger partial charge on any atom is 0.243 e. The Balaban J connectivity index is 1.76. The molecule has 1 unspecified atom stereocenters. The van der Waals surface area contributed by atoms with Crippen molar-refractivity contribution < 1.29 is 25.3 Å². The lowest BCUT2D eigenvalue weighted by Gasteiger charge is -2.32. The van der Waals surface area contributed by atoms with Crippen molar-refractivity contribution in [1.29, 1.82) is 0 Å². The Morgan fingerprint density at radius 3 is 1.62 bits per heavy atom. The minimum absolute atomic E-state index is 0.00346. The average Bonchev–Trinajstić information content (AvgIpc) is 2.67. The van der Waals surface area contributed by atoms with Gasteiger partial charge in [0.05, 0.1) is 16.0 Å². The van der Waals surface area contributed by atoms with Crippen molar-refractivity contribution in [3.63, 3.8) is 0 Å². The number of rotatable bonds is 5. The van der Waals surface area contributed by atoms with E-state index in [1.165, 1.54) is 37.2 Å². The minimum atomic E-state index is -3.82. The highest BCUT2D eigenvalue weighted by atomic mass is 32.2. The monoisotopic (exact) mass is 465 g/mol. The van der Waals surface area contributed by atoms with Crippen LogP contribution in [0.15, 0.2) is 34.1 Å². The van der Waals surface area contributed by atoms with Gasteiger partial charge in [-0.2, -0.15) is 12.9 Å². The Hall–Kier alpha value is -1.05. The van der Waals surface area contributed by atoms with Gasteiger partial charge in [0.2, 0.25) is 30.1 Å². The van der Waals surface area contributed by atoms with Crippen LogP contribution in [0.2, 0.25) is 0 Å². The van der Waals surface area contributed by atoms with E-state index in [1.54, 1.807) is 0 Å². The predicted octanol–water partition coefficient (Wildman–Crippen LogP) is 0.373. The smallest absolute Gasteiger partial charge is 0.213 e. The van der Waals surface area contributed by atoms with Crippen LogP contribution in [0, 0.1) is 5.92 Å². The molecule has 29 heavy (non-hydrogen) atoms. The van der Waals surface area contributed by atoms with E-state index in [0.717, 1.165) is 19.1 Å². The number of sulfonamides is 3. The summed E-state index contributed by atoms with van der Waals surface area (Å²) in [5, 5.41) is 0. The zero-order valence-corrected chi connectivity index (χ0v) is 19.0. The Morgan fingerprint density at radius 1 is 0.724 bits per heavy atom. The molecule has 0 amide bonds. The molecule has 2 fully saturated rings. The first-order valence-electron chi connectivity index (χ1n) is 9.48. The van der Waals surface area contributed by atoms with E-state index in [9.17, 15) is 25.3 Å². The second kappa shape index (κ2) is 8.23. The SMILES string of the molecule is CC1CCCN(S(=O)(=O)c2ccc(S(=O)(=O)N3CCN(S(C)(=O)=O)CC3)cc2)C1. The topological polar surface area (TPSA) is 112 Å². The van der Waals surface area contributed by atoms with E-state index in [0.29, 0.717) is 19.0 Å². The highest BCUT2D eigenvalue weighted by Crippen LogP contribution is 2.25. The molecule has 0 spiro atoms. The van der Waals surface area contributed by atoms with Gasteiger partial charge >= 0.3 is 0 Å². The van der Waals surface area contributed by atoms with E-state index < -0.39 is 30.1 Å². The van der Waals surface area contributed by atoms with Gasteiger partial charge in [0.1, 0.15) is 0 Å². The molecule has 9 nitrogen and oxygen atoms in total. The molecule has 3 rings (SSSR count). The van der Waals surface area contributed by atoms with Crippen molar-refractivity contribution in [2.75, 3.05) is 45.5 Å². The van der Waals surface area contributed by atoms with Crippen molar-refractivity contribution in [2.24, 2.45) is 5.92 Å². The highest BCUT2D eigenvalue weighted by Gasteiger charge is 2.32. The predicted molar refractivity (Wildman–Crippen MR) is 109 cm³/mol. The van der Waals surface area contributed by atoms with Crippen LogP contribution in [-0.2, 0) is 30.1 Å². The zero-order valence-electron chi connectivity index (χ0n) is 16.6. The molecule has 2 aliphatic heterocycles. The van der Waals surface area contributed by atoms with Gasteiger partial charge in [-0.1, -0.05) is 6.92 Å². The fourth-order valence-electron chi connectivity index (χ4n) is 3.69. The summed E-state index contributed by atoms with van der Waals surface area (Å²) in [5.74, 6) is 0.295. The van der Waals surface area contributed by atoms with Crippen LogP contribution in [0.4, 0.5) is 0 Å². The lowest BCUT2D eigenvalue weighted by atomic mass is 10.0. The molecular formula is C17H27N3O6S3. The second-order valence-electron chi connectivity index (χ2n) is 7.65. The normalized spacial score (nSPS) is 23.9. The average molecular weight is 466 g/mol. The fraction of sp³-hybridized carbons (Fsp3) is 0.647. The van der Waals surface area contributed by atoms with Crippen molar-refractivity contribution in [3.8, 4) is 0 Å². The highest BCUT2D eigenvalue weighted by molar-refractivity contribution is 7.89. The fourth-order valence-corrected chi connectivity index (χ4v) is 7.54. The molecule has 2 heterocycles. The molecule has 0 aromatic heterocycles. The molecular weight excluding hydrogens is 438 g/mol. The lowest BCUT2D eigenvalue weighted by molar-refractivity contribution is 0.274. The van der Waals surface area contributed by atoms with Gasteiger partial charge in [-0.3, -0.25) is 0 Å². The number of piperazine rings is 1. The Kier molecular flexibility index (Phi) is 6.42. The van der Waals surface area contributed by atoms with E-state index >= 15 is 0 Å². The maximum atomic E-state index is 12.8. The third-order valence-electron chi connectivity index (χ3n) is 5.39. The van der Waals surface area contributed by atoms with E-state index in [2.05, 4.69) is 0 Å². The van der Waals surface area contributed by atoms with E-state index in [4.69, 9.17) is 0 Å². The van der Waals surface area contributed by atoms with Crippen molar-refractivity contribution in [1.82, 2.24) is 12.9 Å². The molecule has 0 aliphatic carbocycles. The molecule has 0 radical (unpaired) electrons. The number of piperidine rings is 1. The van der Waals surface area contributed by atoms with Gasteiger partial charge < -0.3 is 0 Å². The van der Waals surface area contributed by atoms with Crippen molar-refractivity contribution in [2.45, 2.75) is 29.6 Å². The number of benzene rings is 1. The molecule has 1 aromatic rings. The first kappa shape index (κ1) is 22.6. The largest absolute Gasteiger partial charge is 0.243 e. The molecule has 12 heteroatoms. The molecule has 164 valence electrons. The molecule has 2 aliphatic rings. The van der Waals surface area contributed by atoms with Crippen LogP contribution < -0.4 is 0 Å². The van der Waals surface area contributed by atoms with Crippen molar-refractivity contribution >= 4 is 30.1 Å². The van der Waals surface area contributed by atoms with Gasteiger partial charge in [-0.25, -0.2) is 25.3 Å². The zero-order chi connectivity index (χ0) is 21.4. The number of nitrogens with zero attached hydrogens (tertiary/aromatic N) is 3. The standard InChI is InChI=1S/C17H27N3O6S3/c1-15-4-3-9-20(14-15)29(25,26)17-7-5-16(6-8-17)28(23,24)19-12-10-18(11-13-19)27(2,21)22/h5-8,15H,3-4,9-14H2,1-2H3. The summed E-state index contributed by atoms with van der Waals surface area (Å²) in [6.07, 6.45) is 2.90. The van der Waals surface area contributed by atoms with Gasteiger partial charge in [0.15, 0.2) is 0 Å². The van der Waals surface area contributed by atoms with E-state index in [1.807, 2.05) is 6.92 Å². The van der Waals surface area contributed by atoms with Crippen molar-refractivity contribution in [3.05, 3.63) is 24.3 Å². The summed E-state index contributed by atoms with van der Waals surface area (Å²) >= 11 is 0. The summed E-state index contributed by atoms with van der Waals surface area (Å²) in [5.41, 5.74) is 0. The number of hydrogen-bond acceptors (Lipinski definition) is 6. The third-order valence-corrected chi connectivity index (χ3v) is 10.5. The summed E-state index contributed by atoms with van der Waals surface area (Å²) in [6.45, 7) is 3.25. The van der Waals surface area contributed by atoms with Gasteiger partial charge in [0.25, 0.3) is 0 Å². The van der Waals surface area contributed by atoms with Crippen LogP contribution in [-0.4, -0.2) is 83.7 Å². The third kappa shape index (κ3) is 4.83. The quantitative estimate of drug-likeness (QED) is 0.621. The van der Waals surface area contributed by atoms with Gasteiger partial charge in [-0.15, -0.1) is 0 Å². The second-order valence-corrected chi connectivity index (χ2v) is 13.5. The molecule has 0 bridgehead atoms. The Bertz CT molecular complexity index is 1040.